The number of rotatable bonds is 8. The summed E-state index contributed by atoms with van der Waals surface area (Å²) in [6.45, 7) is 8.35. The summed E-state index contributed by atoms with van der Waals surface area (Å²) in [4.78, 5) is 0. The minimum atomic E-state index is 0.337. The lowest BCUT2D eigenvalue weighted by Crippen LogP contribution is -2.42. The van der Waals surface area contributed by atoms with Gasteiger partial charge in [-0.25, -0.2) is 0 Å². The first-order chi connectivity index (χ1) is 10.3. The van der Waals surface area contributed by atoms with Crippen molar-refractivity contribution in [3.05, 3.63) is 35.4 Å². The van der Waals surface area contributed by atoms with Gasteiger partial charge in [0.2, 0.25) is 0 Å². The van der Waals surface area contributed by atoms with Crippen molar-refractivity contribution in [2.24, 2.45) is 0 Å². The first-order valence-electron chi connectivity index (χ1n) is 8.72. The Labute approximate surface area is 130 Å². The maximum absolute atomic E-state index is 5.97. The Morgan fingerprint density at radius 3 is 2.76 bits per heavy atom. The Morgan fingerprint density at radius 2 is 2.05 bits per heavy atom. The number of likely N-dealkylation sites (N-methyl/N-ethyl adjacent to an activating group) is 1. The third kappa shape index (κ3) is 4.31. The average molecular weight is 289 g/mol. The van der Waals surface area contributed by atoms with E-state index in [-0.39, 0.29) is 0 Å². The fourth-order valence-electron chi connectivity index (χ4n) is 3.77. The number of ether oxygens (including phenoxy) is 1. The van der Waals surface area contributed by atoms with E-state index in [1.54, 1.807) is 11.1 Å². The number of fused-ring (bicyclic) bond motifs is 1. The highest BCUT2D eigenvalue weighted by Gasteiger charge is 2.27. The van der Waals surface area contributed by atoms with E-state index in [9.17, 15) is 0 Å². The molecule has 0 amide bonds. The highest BCUT2D eigenvalue weighted by molar-refractivity contribution is 5.32. The van der Waals surface area contributed by atoms with Crippen molar-refractivity contribution in [3.8, 4) is 0 Å². The summed E-state index contributed by atoms with van der Waals surface area (Å²) in [5.74, 6) is 0.688. The molecule has 0 aliphatic heterocycles. The number of hydrogen-bond acceptors (Lipinski definition) is 2. The van der Waals surface area contributed by atoms with Crippen molar-refractivity contribution in [1.82, 2.24) is 5.32 Å². The van der Waals surface area contributed by atoms with Crippen molar-refractivity contribution >= 4 is 0 Å². The van der Waals surface area contributed by atoms with E-state index in [1.165, 1.54) is 25.7 Å². The largest absolute Gasteiger partial charge is 0.377 e. The molecule has 0 heterocycles. The molecule has 3 atom stereocenters. The predicted octanol–water partition coefficient (Wildman–Crippen LogP) is 4.29. The molecule has 0 aromatic heterocycles. The fourth-order valence-corrected chi connectivity index (χ4v) is 3.77. The lowest BCUT2D eigenvalue weighted by molar-refractivity contribution is 0.0277. The normalized spacial score (nSPS) is 20.8. The maximum atomic E-state index is 5.97. The topological polar surface area (TPSA) is 21.3 Å². The third-order valence-corrected chi connectivity index (χ3v) is 4.73. The standard InChI is InChI=1S/C19H31NO/c1-4-19(21-6-3)18(20-5-2)14-16-12-9-11-15-10-7-8-13-17(15)16/h7-8,10,13,16,18-20H,4-6,9,11-12,14H2,1-3H3. The highest BCUT2D eigenvalue weighted by atomic mass is 16.5. The van der Waals surface area contributed by atoms with E-state index in [2.05, 4.69) is 50.4 Å². The van der Waals surface area contributed by atoms with Crippen molar-refractivity contribution in [3.63, 3.8) is 0 Å². The summed E-state index contributed by atoms with van der Waals surface area (Å²) < 4.78 is 5.97. The number of nitrogens with one attached hydrogen (secondary N) is 1. The summed E-state index contributed by atoms with van der Waals surface area (Å²) in [7, 11) is 0. The molecule has 0 fully saturated rings. The van der Waals surface area contributed by atoms with Crippen LogP contribution in [0.1, 0.15) is 63.5 Å². The van der Waals surface area contributed by atoms with Crippen molar-refractivity contribution in [2.75, 3.05) is 13.2 Å². The second kappa shape index (κ2) is 8.55. The molecule has 1 aliphatic rings. The summed E-state index contributed by atoms with van der Waals surface area (Å²) in [5, 5.41) is 3.67. The van der Waals surface area contributed by atoms with Crippen LogP contribution in [0.4, 0.5) is 0 Å². The van der Waals surface area contributed by atoms with Crippen LogP contribution < -0.4 is 5.32 Å². The molecule has 3 unspecified atom stereocenters. The summed E-state index contributed by atoms with van der Waals surface area (Å²) in [6, 6.07) is 9.49. The van der Waals surface area contributed by atoms with E-state index in [4.69, 9.17) is 4.74 Å². The van der Waals surface area contributed by atoms with E-state index in [0.717, 1.165) is 19.6 Å². The van der Waals surface area contributed by atoms with Gasteiger partial charge >= 0.3 is 0 Å². The zero-order valence-electron chi connectivity index (χ0n) is 13.9. The van der Waals surface area contributed by atoms with E-state index < -0.39 is 0 Å². The first-order valence-corrected chi connectivity index (χ1v) is 8.72. The van der Waals surface area contributed by atoms with Crippen LogP contribution in [0.25, 0.3) is 0 Å². The van der Waals surface area contributed by atoms with Crippen LogP contribution in [0.3, 0.4) is 0 Å². The second-order valence-corrected chi connectivity index (χ2v) is 6.09. The van der Waals surface area contributed by atoms with Crippen molar-refractivity contribution in [2.45, 2.75) is 70.9 Å². The van der Waals surface area contributed by atoms with Crippen molar-refractivity contribution < 1.29 is 4.74 Å². The van der Waals surface area contributed by atoms with Crippen LogP contribution in [0.15, 0.2) is 24.3 Å². The Kier molecular flexibility index (Phi) is 6.72. The number of benzene rings is 1. The van der Waals surface area contributed by atoms with Gasteiger partial charge in [0.05, 0.1) is 6.10 Å². The summed E-state index contributed by atoms with van der Waals surface area (Å²) in [5.41, 5.74) is 3.14. The van der Waals surface area contributed by atoms with Crippen molar-refractivity contribution in [1.29, 1.82) is 0 Å². The zero-order valence-corrected chi connectivity index (χ0v) is 13.9. The molecule has 2 heteroatoms. The van der Waals surface area contributed by atoms with E-state index >= 15 is 0 Å². The highest BCUT2D eigenvalue weighted by Crippen LogP contribution is 2.35. The van der Waals surface area contributed by atoms with E-state index in [0.29, 0.717) is 18.1 Å². The predicted molar refractivity (Wildman–Crippen MR) is 89.9 cm³/mol. The van der Waals surface area contributed by atoms with Gasteiger partial charge in [-0.1, -0.05) is 38.1 Å². The van der Waals surface area contributed by atoms with Crippen LogP contribution in [0.5, 0.6) is 0 Å². The Morgan fingerprint density at radius 1 is 1.24 bits per heavy atom. The van der Waals surface area contributed by atoms with Gasteiger partial charge in [-0.3, -0.25) is 0 Å². The molecule has 1 N–H and O–H groups in total. The lowest BCUT2D eigenvalue weighted by atomic mass is 9.78. The molecular weight excluding hydrogens is 258 g/mol. The molecule has 0 saturated heterocycles. The number of aryl methyl sites for hydroxylation is 1. The van der Waals surface area contributed by atoms with Crippen LogP contribution >= 0.6 is 0 Å². The van der Waals surface area contributed by atoms with Crippen LogP contribution in [-0.4, -0.2) is 25.3 Å². The molecule has 118 valence electrons. The zero-order chi connectivity index (χ0) is 15.1. The van der Waals surface area contributed by atoms with Crippen LogP contribution in [0, 0.1) is 0 Å². The molecule has 0 bridgehead atoms. The van der Waals surface area contributed by atoms with Gasteiger partial charge in [0.15, 0.2) is 0 Å². The quantitative estimate of drug-likeness (QED) is 0.771. The molecular formula is C19H31NO. The molecule has 2 nitrogen and oxygen atoms in total. The molecule has 21 heavy (non-hydrogen) atoms. The lowest BCUT2D eigenvalue weighted by Gasteiger charge is -2.33. The second-order valence-electron chi connectivity index (χ2n) is 6.09. The summed E-state index contributed by atoms with van der Waals surface area (Å²) >= 11 is 0. The molecule has 1 aliphatic carbocycles. The van der Waals surface area contributed by atoms with Crippen LogP contribution in [0.2, 0.25) is 0 Å². The van der Waals surface area contributed by atoms with Gasteiger partial charge in [0, 0.05) is 12.6 Å². The smallest absolute Gasteiger partial charge is 0.0725 e. The molecule has 0 radical (unpaired) electrons. The van der Waals surface area contributed by atoms with Gasteiger partial charge in [-0.2, -0.15) is 0 Å². The Balaban J connectivity index is 2.10. The van der Waals surface area contributed by atoms with Crippen LogP contribution in [-0.2, 0) is 11.2 Å². The molecule has 2 rings (SSSR count). The molecule has 1 aromatic rings. The minimum Gasteiger partial charge on any atom is -0.377 e. The third-order valence-electron chi connectivity index (χ3n) is 4.73. The minimum absolute atomic E-state index is 0.337. The molecule has 1 aromatic carbocycles. The van der Waals surface area contributed by atoms with Gasteiger partial charge in [0.1, 0.15) is 0 Å². The van der Waals surface area contributed by atoms with Gasteiger partial charge < -0.3 is 10.1 Å². The molecule has 0 spiro atoms. The first kappa shape index (κ1) is 16.5. The SMILES string of the molecule is CCNC(CC1CCCc2ccccc21)C(CC)OCC. The average Bonchev–Trinajstić information content (AvgIpc) is 2.52. The Hall–Kier alpha value is -0.860. The van der Waals surface area contributed by atoms with Gasteiger partial charge in [-0.15, -0.1) is 0 Å². The number of hydrogen-bond donors (Lipinski definition) is 1. The van der Waals surface area contributed by atoms with Gasteiger partial charge in [-0.05, 0) is 62.6 Å². The Bertz CT molecular complexity index is 418. The molecule has 0 saturated carbocycles. The van der Waals surface area contributed by atoms with E-state index in [1.807, 2.05) is 0 Å². The monoisotopic (exact) mass is 289 g/mol. The fraction of sp³-hybridized carbons (Fsp3) is 0.684. The summed E-state index contributed by atoms with van der Waals surface area (Å²) in [6.07, 6.45) is 6.52. The maximum Gasteiger partial charge on any atom is 0.0725 e. The van der Waals surface area contributed by atoms with Gasteiger partial charge in [0.25, 0.3) is 0 Å².